The minimum Gasteiger partial charge on any atom is -0.208 e. The first kappa shape index (κ1) is 31.3. The summed E-state index contributed by atoms with van der Waals surface area (Å²) in [5, 5.41) is 13.9. The SMILES string of the molecule is C[C@@H]1C[C@@H]2C[C@H](C)CC(c3ccc(-c4nc(-c5ccc6ccccc6c5)nc(-c5ccc(-c6ccc(C#N)cc6)c6ccccc56)n4)cc3)(C1)C2. The molecule has 2 fully saturated rings. The number of nitrogens with zero attached hydrogens (tertiary/aromatic N) is 4. The third kappa shape index (κ3) is 5.77. The molecule has 2 bridgehead atoms. The lowest BCUT2D eigenvalue weighted by Gasteiger charge is -2.50. The summed E-state index contributed by atoms with van der Waals surface area (Å²) in [6.45, 7) is 4.90. The molecule has 2 aliphatic rings. The molecule has 1 heterocycles. The first-order valence-electron chi connectivity index (χ1n) is 18.3. The zero-order chi connectivity index (χ0) is 34.5. The average Bonchev–Trinajstić information content (AvgIpc) is 3.16. The summed E-state index contributed by atoms with van der Waals surface area (Å²) in [5.74, 6) is 4.37. The summed E-state index contributed by atoms with van der Waals surface area (Å²) < 4.78 is 0. The first-order chi connectivity index (χ1) is 24.9. The lowest BCUT2D eigenvalue weighted by atomic mass is 9.54. The monoisotopic (exact) mass is 660 g/mol. The molecule has 51 heavy (non-hydrogen) atoms. The third-order valence-corrected chi connectivity index (χ3v) is 11.5. The molecule has 2 saturated carbocycles. The van der Waals surface area contributed by atoms with Gasteiger partial charge in [0.1, 0.15) is 0 Å². The predicted molar refractivity (Wildman–Crippen MR) is 208 cm³/mol. The lowest BCUT2D eigenvalue weighted by Crippen LogP contribution is -2.42. The number of hydrogen-bond acceptors (Lipinski definition) is 4. The number of aromatic nitrogens is 3. The van der Waals surface area contributed by atoms with Crippen molar-refractivity contribution < 1.29 is 0 Å². The van der Waals surface area contributed by atoms with Gasteiger partial charge in [0.2, 0.25) is 0 Å². The Morgan fingerprint density at radius 2 is 1.12 bits per heavy atom. The summed E-state index contributed by atoms with van der Waals surface area (Å²) in [5.41, 5.74) is 7.50. The molecular weight excluding hydrogens is 621 g/mol. The molecule has 4 atom stereocenters. The number of fused-ring (bicyclic) bond motifs is 4. The van der Waals surface area contributed by atoms with Crippen molar-refractivity contribution in [1.29, 1.82) is 5.26 Å². The quantitative estimate of drug-likeness (QED) is 0.184. The Bertz CT molecular complexity index is 2440. The molecule has 0 aliphatic heterocycles. The van der Waals surface area contributed by atoms with Gasteiger partial charge in [0.15, 0.2) is 17.5 Å². The fraction of sp³-hybridized carbons (Fsp3) is 0.234. The van der Waals surface area contributed by atoms with E-state index in [-0.39, 0.29) is 5.41 Å². The van der Waals surface area contributed by atoms with E-state index in [9.17, 15) is 5.26 Å². The minimum absolute atomic E-state index is 0.272. The molecule has 0 N–H and O–H groups in total. The topological polar surface area (TPSA) is 62.5 Å². The van der Waals surface area contributed by atoms with Gasteiger partial charge in [-0.25, -0.2) is 15.0 Å². The Hall–Kier alpha value is -5.66. The van der Waals surface area contributed by atoms with E-state index in [0.29, 0.717) is 23.0 Å². The van der Waals surface area contributed by atoms with E-state index in [0.717, 1.165) is 61.7 Å². The van der Waals surface area contributed by atoms with Gasteiger partial charge in [-0.2, -0.15) is 5.26 Å². The summed E-state index contributed by atoms with van der Waals surface area (Å²) >= 11 is 0. The van der Waals surface area contributed by atoms with Crippen LogP contribution in [0.1, 0.15) is 57.1 Å². The normalized spacial score (nSPS) is 21.4. The Morgan fingerprint density at radius 1 is 0.549 bits per heavy atom. The maximum Gasteiger partial charge on any atom is 0.164 e. The van der Waals surface area contributed by atoms with Crippen LogP contribution in [-0.2, 0) is 5.41 Å². The number of benzene rings is 6. The maximum atomic E-state index is 9.35. The summed E-state index contributed by atoms with van der Waals surface area (Å²) in [6, 6.07) is 46.8. The Balaban J connectivity index is 1.18. The summed E-state index contributed by atoms with van der Waals surface area (Å²) in [6.07, 6.45) is 6.62. The van der Waals surface area contributed by atoms with Crippen LogP contribution in [0.4, 0.5) is 0 Å². The minimum atomic E-state index is 0.272. The van der Waals surface area contributed by atoms with Crippen LogP contribution in [-0.4, -0.2) is 15.0 Å². The average molecular weight is 661 g/mol. The van der Waals surface area contributed by atoms with Crippen molar-refractivity contribution in [1.82, 2.24) is 15.0 Å². The molecule has 9 rings (SSSR count). The first-order valence-corrected chi connectivity index (χ1v) is 18.3. The lowest BCUT2D eigenvalue weighted by molar-refractivity contribution is 0.0780. The highest BCUT2D eigenvalue weighted by molar-refractivity contribution is 6.04. The maximum absolute atomic E-state index is 9.35. The second kappa shape index (κ2) is 12.6. The van der Waals surface area contributed by atoms with Gasteiger partial charge in [-0.05, 0) is 118 Å². The van der Waals surface area contributed by atoms with Gasteiger partial charge < -0.3 is 0 Å². The van der Waals surface area contributed by atoms with E-state index >= 15 is 0 Å². The molecule has 1 unspecified atom stereocenters. The fourth-order valence-electron chi connectivity index (χ4n) is 9.58. The molecule has 2 aliphatic carbocycles. The highest BCUT2D eigenvalue weighted by atomic mass is 15.0. The van der Waals surface area contributed by atoms with Gasteiger partial charge in [-0.15, -0.1) is 0 Å². The zero-order valence-electron chi connectivity index (χ0n) is 29.2. The van der Waals surface area contributed by atoms with Crippen LogP contribution in [0.15, 0.2) is 127 Å². The Kier molecular flexibility index (Phi) is 7.73. The van der Waals surface area contributed by atoms with Gasteiger partial charge in [0, 0.05) is 16.7 Å². The van der Waals surface area contributed by atoms with Gasteiger partial charge in [-0.1, -0.05) is 117 Å². The third-order valence-electron chi connectivity index (χ3n) is 11.5. The van der Waals surface area contributed by atoms with E-state index in [4.69, 9.17) is 15.0 Å². The van der Waals surface area contributed by atoms with Crippen LogP contribution in [0.25, 0.3) is 66.8 Å². The number of nitriles is 1. The van der Waals surface area contributed by atoms with Crippen LogP contribution in [0, 0.1) is 29.1 Å². The standard InChI is InChI=1S/C47H40N4/c1-30-23-33-24-31(2)27-47(26-30,28-33)39-19-17-36(18-20-39)44-49-45(38-16-15-34-7-3-4-8-37(34)25-38)51-46(50-44)43-22-21-40(41-9-5-6-10-42(41)43)35-13-11-32(29-48)12-14-35/h3-22,25,30-31,33H,23-24,26-28H2,1-2H3/t30-,31+,33-,47?. The Labute approximate surface area is 299 Å². The molecule has 0 spiro atoms. The van der Waals surface area contributed by atoms with Crippen LogP contribution in [0.3, 0.4) is 0 Å². The van der Waals surface area contributed by atoms with Gasteiger partial charge in [-0.3, -0.25) is 0 Å². The van der Waals surface area contributed by atoms with Crippen molar-refractivity contribution in [3.8, 4) is 51.4 Å². The van der Waals surface area contributed by atoms with Crippen LogP contribution in [0.2, 0.25) is 0 Å². The van der Waals surface area contributed by atoms with Crippen molar-refractivity contribution >= 4 is 21.5 Å². The molecule has 4 nitrogen and oxygen atoms in total. The smallest absolute Gasteiger partial charge is 0.164 e. The molecule has 0 saturated heterocycles. The Morgan fingerprint density at radius 3 is 1.82 bits per heavy atom. The molecule has 1 aromatic heterocycles. The second-order valence-electron chi connectivity index (χ2n) is 15.3. The molecule has 0 radical (unpaired) electrons. The van der Waals surface area contributed by atoms with Crippen LogP contribution in [0.5, 0.6) is 0 Å². The van der Waals surface area contributed by atoms with Crippen molar-refractivity contribution in [3.63, 3.8) is 0 Å². The van der Waals surface area contributed by atoms with E-state index in [1.165, 1.54) is 43.1 Å². The zero-order valence-corrected chi connectivity index (χ0v) is 29.2. The van der Waals surface area contributed by atoms with Gasteiger partial charge >= 0.3 is 0 Å². The highest BCUT2D eigenvalue weighted by Crippen LogP contribution is 2.54. The van der Waals surface area contributed by atoms with Crippen molar-refractivity contribution in [2.45, 2.75) is 51.4 Å². The molecule has 0 amide bonds. The predicted octanol–water partition coefficient (Wildman–Crippen LogP) is 11.8. The highest BCUT2D eigenvalue weighted by Gasteiger charge is 2.45. The molecule has 6 aromatic carbocycles. The largest absolute Gasteiger partial charge is 0.208 e. The molecule has 248 valence electrons. The van der Waals surface area contributed by atoms with Crippen LogP contribution < -0.4 is 0 Å². The van der Waals surface area contributed by atoms with Crippen molar-refractivity contribution in [2.24, 2.45) is 17.8 Å². The van der Waals surface area contributed by atoms with Crippen molar-refractivity contribution in [2.75, 3.05) is 0 Å². The van der Waals surface area contributed by atoms with Gasteiger partial charge in [0.25, 0.3) is 0 Å². The second-order valence-corrected chi connectivity index (χ2v) is 15.3. The van der Waals surface area contributed by atoms with Crippen molar-refractivity contribution in [3.05, 3.63) is 139 Å². The summed E-state index contributed by atoms with van der Waals surface area (Å²) in [7, 11) is 0. The van der Waals surface area contributed by atoms with E-state index in [1.54, 1.807) is 0 Å². The molecule has 4 heteroatoms. The number of hydrogen-bond donors (Lipinski definition) is 0. The van der Waals surface area contributed by atoms with E-state index < -0.39 is 0 Å². The van der Waals surface area contributed by atoms with E-state index in [2.05, 4.69) is 123 Å². The molecule has 7 aromatic rings. The molecular formula is C47H40N4. The van der Waals surface area contributed by atoms with Gasteiger partial charge in [0.05, 0.1) is 11.6 Å². The van der Waals surface area contributed by atoms with E-state index in [1.807, 2.05) is 24.3 Å². The summed E-state index contributed by atoms with van der Waals surface area (Å²) in [4.78, 5) is 15.5. The number of rotatable bonds is 5. The van der Waals surface area contributed by atoms with Crippen LogP contribution >= 0.6 is 0 Å². The fourth-order valence-corrected chi connectivity index (χ4v) is 9.58.